The average molecular weight is 296 g/mol. The Morgan fingerprint density at radius 2 is 1.14 bits per heavy atom. The van der Waals surface area contributed by atoms with Crippen molar-refractivity contribution in [1.29, 1.82) is 0 Å². The van der Waals surface area contributed by atoms with E-state index in [1.165, 1.54) is 11.1 Å². The maximum Gasteiger partial charge on any atom is 0.243 e. The molecule has 0 unspecified atom stereocenters. The van der Waals surface area contributed by atoms with Gasteiger partial charge in [-0.15, -0.1) is 10.2 Å². The molecule has 0 aliphatic heterocycles. The Labute approximate surface area is 128 Å². The van der Waals surface area contributed by atoms with Crippen LogP contribution in [0.3, 0.4) is 0 Å². The van der Waals surface area contributed by atoms with E-state index in [2.05, 4.69) is 29.0 Å². The van der Waals surface area contributed by atoms with E-state index in [0.29, 0.717) is 0 Å². The maximum absolute atomic E-state index is 5.93. The van der Waals surface area contributed by atoms with Gasteiger partial charge in [0.05, 0.1) is 0 Å². The van der Waals surface area contributed by atoms with Crippen LogP contribution in [0.25, 0.3) is 22.5 Å². The van der Waals surface area contributed by atoms with Crippen LogP contribution in [-0.4, -0.2) is 15.2 Å². The lowest BCUT2D eigenvalue weighted by atomic mass is 10.0. The number of halogens is 1. The van der Waals surface area contributed by atoms with Crippen molar-refractivity contribution in [2.45, 2.75) is 13.8 Å². The molecule has 21 heavy (non-hydrogen) atoms. The fraction of sp³-hybridized carbons (Fsp3) is 0.118. The third-order valence-corrected chi connectivity index (χ3v) is 3.47. The molecule has 4 heteroatoms. The molecule has 0 bridgehead atoms. The van der Waals surface area contributed by atoms with Gasteiger partial charge in [0, 0.05) is 11.1 Å². The summed E-state index contributed by atoms with van der Waals surface area (Å²) < 4.78 is 0. The highest BCUT2D eigenvalue weighted by Crippen LogP contribution is 2.29. The van der Waals surface area contributed by atoms with Crippen molar-refractivity contribution in [2.24, 2.45) is 0 Å². The second-order valence-electron chi connectivity index (χ2n) is 5.01. The lowest BCUT2D eigenvalue weighted by Crippen LogP contribution is -1.97. The number of nitrogens with zero attached hydrogens (tertiary/aromatic N) is 3. The predicted octanol–water partition coefficient (Wildman–Crippen LogP) is 4.48. The Balaban J connectivity index is 2.17. The molecule has 0 fully saturated rings. The van der Waals surface area contributed by atoms with Gasteiger partial charge in [-0.2, -0.15) is 0 Å². The molecule has 0 saturated carbocycles. The van der Waals surface area contributed by atoms with Crippen LogP contribution in [0, 0.1) is 13.8 Å². The van der Waals surface area contributed by atoms with Gasteiger partial charge < -0.3 is 0 Å². The van der Waals surface area contributed by atoms with Crippen LogP contribution in [-0.2, 0) is 0 Å². The topological polar surface area (TPSA) is 38.7 Å². The molecule has 3 nitrogen and oxygen atoms in total. The molecule has 3 aromatic rings. The predicted molar refractivity (Wildman–Crippen MR) is 85.2 cm³/mol. The molecule has 0 amide bonds. The summed E-state index contributed by atoms with van der Waals surface area (Å²) in [5, 5.41) is 8.27. The standard InChI is InChI=1S/C17H14ClN3/c1-11-3-7-13(8-4-11)15-16(20-21-17(18)19-15)14-9-5-12(2)6-10-14/h3-10H,1-2H3. The monoisotopic (exact) mass is 295 g/mol. The minimum absolute atomic E-state index is 0.154. The molecule has 0 spiro atoms. The smallest absolute Gasteiger partial charge is 0.214 e. The Morgan fingerprint density at radius 1 is 0.667 bits per heavy atom. The highest BCUT2D eigenvalue weighted by Gasteiger charge is 2.12. The molecular formula is C17H14ClN3. The van der Waals surface area contributed by atoms with Gasteiger partial charge in [0.25, 0.3) is 0 Å². The van der Waals surface area contributed by atoms with Gasteiger partial charge in [-0.1, -0.05) is 59.7 Å². The van der Waals surface area contributed by atoms with Gasteiger partial charge in [0.2, 0.25) is 5.28 Å². The number of benzene rings is 2. The van der Waals surface area contributed by atoms with Crippen LogP contribution < -0.4 is 0 Å². The summed E-state index contributed by atoms with van der Waals surface area (Å²) in [7, 11) is 0. The van der Waals surface area contributed by atoms with Crippen LogP contribution in [0.5, 0.6) is 0 Å². The van der Waals surface area contributed by atoms with E-state index >= 15 is 0 Å². The van der Waals surface area contributed by atoms with Gasteiger partial charge in [0.1, 0.15) is 11.4 Å². The molecule has 1 heterocycles. The first-order valence-corrected chi connectivity index (χ1v) is 7.05. The molecule has 0 aliphatic rings. The first kappa shape index (κ1) is 13.7. The maximum atomic E-state index is 5.93. The van der Waals surface area contributed by atoms with E-state index in [0.717, 1.165) is 22.5 Å². The van der Waals surface area contributed by atoms with Crippen molar-refractivity contribution in [3.8, 4) is 22.5 Å². The summed E-state index contributed by atoms with van der Waals surface area (Å²) >= 11 is 5.93. The van der Waals surface area contributed by atoms with Gasteiger partial charge in [-0.3, -0.25) is 0 Å². The van der Waals surface area contributed by atoms with E-state index in [-0.39, 0.29) is 5.28 Å². The number of aromatic nitrogens is 3. The number of rotatable bonds is 2. The lowest BCUT2D eigenvalue weighted by Gasteiger charge is -2.08. The Morgan fingerprint density at radius 3 is 1.67 bits per heavy atom. The third kappa shape index (κ3) is 2.93. The summed E-state index contributed by atoms with van der Waals surface area (Å²) in [6, 6.07) is 16.3. The third-order valence-electron chi connectivity index (χ3n) is 3.31. The van der Waals surface area contributed by atoms with Crippen LogP contribution in [0.1, 0.15) is 11.1 Å². The van der Waals surface area contributed by atoms with Crippen LogP contribution in [0.15, 0.2) is 48.5 Å². The first-order valence-electron chi connectivity index (χ1n) is 6.68. The van der Waals surface area contributed by atoms with Crippen molar-refractivity contribution in [3.05, 3.63) is 64.9 Å². The van der Waals surface area contributed by atoms with Crippen molar-refractivity contribution < 1.29 is 0 Å². The van der Waals surface area contributed by atoms with Crippen LogP contribution in [0.2, 0.25) is 5.28 Å². The van der Waals surface area contributed by atoms with Crippen molar-refractivity contribution >= 4 is 11.6 Å². The fourth-order valence-corrected chi connectivity index (χ4v) is 2.25. The summed E-state index contributed by atoms with van der Waals surface area (Å²) in [6.45, 7) is 4.10. The quantitative estimate of drug-likeness (QED) is 0.700. The minimum Gasteiger partial charge on any atom is -0.214 e. The summed E-state index contributed by atoms with van der Waals surface area (Å²) in [5.74, 6) is 0. The Kier molecular flexibility index (Phi) is 3.67. The second-order valence-corrected chi connectivity index (χ2v) is 5.35. The number of hydrogen-bond acceptors (Lipinski definition) is 3. The largest absolute Gasteiger partial charge is 0.243 e. The van der Waals surface area contributed by atoms with Gasteiger partial charge in [-0.05, 0) is 25.4 Å². The molecule has 0 N–H and O–H groups in total. The van der Waals surface area contributed by atoms with Gasteiger partial charge in [0.15, 0.2) is 0 Å². The van der Waals surface area contributed by atoms with Crippen LogP contribution >= 0.6 is 11.6 Å². The summed E-state index contributed by atoms with van der Waals surface area (Å²) in [4.78, 5) is 4.36. The molecule has 3 rings (SSSR count). The van der Waals surface area contributed by atoms with Crippen molar-refractivity contribution in [2.75, 3.05) is 0 Å². The zero-order chi connectivity index (χ0) is 14.8. The molecule has 0 saturated heterocycles. The molecule has 2 aromatic carbocycles. The normalized spacial score (nSPS) is 10.6. The van der Waals surface area contributed by atoms with Crippen molar-refractivity contribution in [1.82, 2.24) is 15.2 Å². The average Bonchev–Trinajstić information content (AvgIpc) is 2.49. The van der Waals surface area contributed by atoms with Gasteiger partial charge in [-0.25, -0.2) is 4.98 Å². The van der Waals surface area contributed by atoms with Crippen molar-refractivity contribution in [3.63, 3.8) is 0 Å². The first-order chi connectivity index (χ1) is 10.1. The Bertz CT molecular complexity index is 765. The van der Waals surface area contributed by atoms with E-state index < -0.39 is 0 Å². The molecule has 104 valence electrons. The number of aryl methyl sites for hydroxylation is 2. The summed E-state index contributed by atoms with van der Waals surface area (Å²) in [6.07, 6.45) is 0. The lowest BCUT2D eigenvalue weighted by molar-refractivity contribution is 0.982. The second kappa shape index (κ2) is 5.62. The highest BCUT2D eigenvalue weighted by molar-refractivity contribution is 6.28. The number of hydrogen-bond donors (Lipinski definition) is 0. The zero-order valence-electron chi connectivity index (χ0n) is 11.8. The summed E-state index contributed by atoms with van der Waals surface area (Å²) in [5.41, 5.74) is 5.84. The molecule has 0 atom stereocenters. The zero-order valence-corrected chi connectivity index (χ0v) is 12.6. The van der Waals surface area contributed by atoms with Crippen LogP contribution in [0.4, 0.5) is 0 Å². The SMILES string of the molecule is Cc1ccc(-c2nnc(Cl)nc2-c2ccc(C)cc2)cc1. The van der Waals surface area contributed by atoms with Gasteiger partial charge >= 0.3 is 0 Å². The fourth-order valence-electron chi connectivity index (χ4n) is 2.12. The van der Waals surface area contributed by atoms with E-state index in [1.807, 2.05) is 48.5 Å². The molecular weight excluding hydrogens is 282 g/mol. The molecule has 0 aliphatic carbocycles. The minimum atomic E-state index is 0.154. The highest BCUT2D eigenvalue weighted by atomic mass is 35.5. The van der Waals surface area contributed by atoms with E-state index in [9.17, 15) is 0 Å². The Hall–Kier alpha value is -2.26. The molecule has 0 radical (unpaired) electrons. The van der Waals surface area contributed by atoms with E-state index in [4.69, 9.17) is 11.6 Å². The van der Waals surface area contributed by atoms with E-state index in [1.54, 1.807) is 0 Å². The molecule has 1 aromatic heterocycles.